The maximum absolute atomic E-state index is 12.1. The van der Waals surface area contributed by atoms with Crippen molar-refractivity contribution in [1.29, 1.82) is 0 Å². The van der Waals surface area contributed by atoms with Crippen LogP contribution >= 0.6 is 0 Å². The molecule has 4 nitrogen and oxygen atoms in total. The van der Waals surface area contributed by atoms with Crippen molar-refractivity contribution in [3.8, 4) is 5.75 Å². The number of ether oxygens (including phenoxy) is 1. The maximum atomic E-state index is 12.1. The second kappa shape index (κ2) is 5.40. The third kappa shape index (κ3) is 2.64. The van der Waals surface area contributed by atoms with E-state index >= 15 is 0 Å². The summed E-state index contributed by atoms with van der Waals surface area (Å²) in [5.74, 6) is 0.888. The van der Waals surface area contributed by atoms with E-state index in [1.165, 1.54) is 0 Å². The summed E-state index contributed by atoms with van der Waals surface area (Å²) in [7, 11) is 1.63. The van der Waals surface area contributed by atoms with E-state index in [0.717, 1.165) is 42.1 Å². The summed E-state index contributed by atoms with van der Waals surface area (Å²) >= 11 is 0. The van der Waals surface area contributed by atoms with Crippen LogP contribution in [-0.4, -0.2) is 26.1 Å². The molecule has 98 valence electrons. The number of benzene rings is 1. The fourth-order valence-electron chi connectivity index (χ4n) is 2.43. The van der Waals surface area contributed by atoms with E-state index in [1.807, 2.05) is 26.0 Å². The van der Waals surface area contributed by atoms with E-state index < -0.39 is 0 Å². The first kappa shape index (κ1) is 12.9. The summed E-state index contributed by atoms with van der Waals surface area (Å²) in [4.78, 5) is 12.1. The van der Waals surface area contributed by atoms with Crippen molar-refractivity contribution >= 4 is 11.6 Å². The van der Waals surface area contributed by atoms with Crippen LogP contribution < -0.4 is 15.4 Å². The molecule has 0 aliphatic carbocycles. The molecule has 18 heavy (non-hydrogen) atoms. The van der Waals surface area contributed by atoms with Gasteiger partial charge in [0, 0.05) is 6.54 Å². The van der Waals surface area contributed by atoms with Crippen molar-refractivity contribution in [3.63, 3.8) is 0 Å². The van der Waals surface area contributed by atoms with E-state index in [-0.39, 0.29) is 11.8 Å². The molecule has 1 aromatic carbocycles. The second-order valence-corrected chi connectivity index (χ2v) is 4.84. The van der Waals surface area contributed by atoms with Gasteiger partial charge in [-0.05, 0) is 44.0 Å². The zero-order valence-electron chi connectivity index (χ0n) is 11.2. The zero-order valence-corrected chi connectivity index (χ0v) is 11.2. The van der Waals surface area contributed by atoms with E-state index in [9.17, 15) is 4.79 Å². The van der Waals surface area contributed by atoms with Gasteiger partial charge < -0.3 is 15.4 Å². The fourth-order valence-corrected chi connectivity index (χ4v) is 2.43. The highest BCUT2D eigenvalue weighted by Gasteiger charge is 2.23. The molecule has 0 spiro atoms. The molecular formula is C14H20N2O2. The molecule has 1 unspecified atom stereocenters. The molecule has 1 fully saturated rings. The highest BCUT2D eigenvalue weighted by molar-refractivity contribution is 5.94. The Bertz CT molecular complexity index is 451. The lowest BCUT2D eigenvalue weighted by atomic mass is 10.1. The standard InChI is InChI=1S/C14H20N2O2/c1-9-6-10(2)13(18-3)12(7-9)16-14(17)11-4-5-15-8-11/h6-7,11,15H,4-5,8H2,1-3H3,(H,16,17). The number of methoxy groups -OCH3 is 1. The van der Waals surface area contributed by atoms with Gasteiger partial charge in [-0.3, -0.25) is 4.79 Å². The number of aryl methyl sites for hydroxylation is 2. The van der Waals surface area contributed by atoms with Crippen molar-refractivity contribution in [2.24, 2.45) is 5.92 Å². The average Bonchev–Trinajstić information content (AvgIpc) is 2.81. The van der Waals surface area contributed by atoms with Crippen molar-refractivity contribution in [1.82, 2.24) is 5.32 Å². The molecule has 1 heterocycles. The van der Waals surface area contributed by atoms with Crippen molar-refractivity contribution < 1.29 is 9.53 Å². The van der Waals surface area contributed by atoms with Gasteiger partial charge in [-0.15, -0.1) is 0 Å². The lowest BCUT2D eigenvalue weighted by Crippen LogP contribution is -2.25. The number of hydrogen-bond acceptors (Lipinski definition) is 3. The number of nitrogens with one attached hydrogen (secondary N) is 2. The van der Waals surface area contributed by atoms with Crippen LogP contribution in [0.25, 0.3) is 0 Å². The van der Waals surface area contributed by atoms with Gasteiger partial charge >= 0.3 is 0 Å². The molecule has 1 saturated heterocycles. The second-order valence-electron chi connectivity index (χ2n) is 4.84. The van der Waals surface area contributed by atoms with Crippen LogP contribution in [0.15, 0.2) is 12.1 Å². The van der Waals surface area contributed by atoms with E-state index in [0.29, 0.717) is 0 Å². The summed E-state index contributed by atoms with van der Waals surface area (Å²) in [5.41, 5.74) is 2.93. The molecule has 0 aromatic heterocycles. The summed E-state index contributed by atoms with van der Waals surface area (Å²) in [5, 5.41) is 6.18. The number of hydrogen-bond donors (Lipinski definition) is 2. The van der Waals surface area contributed by atoms with Gasteiger partial charge in [0.25, 0.3) is 0 Å². The molecule has 0 saturated carbocycles. The number of carbonyl (C=O) groups excluding carboxylic acids is 1. The van der Waals surface area contributed by atoms with Crippen LogP contribution in [0.5, 0.6) is 5.75 Å². The predicted octanol–water partition coefficient (Wildman–Crippen LogP) is 1.86. The smallest absolute Gasteiger partial charge is 0.228 e. The highest BCUT2D eigenvalue weighted by Crippen LogP contribution is 2.30. The van der Waals surface area contributed by atoms with Crippen molar-refractivity contribution in [2.75, 3.05) is 25.5 Å². The topological polar surface area (TPSA) is 50.4 Å². The largest absolute Gasteiger partial charge is 0.494 e. The quantitative estimate of drug-likeness (QED) is 0.858. The number of anilines is 1. The Hall–Kier alpha value is -1.55. The molecule has 4 heteroatoms. The van der Waals surface area contributed by atoms with E-state index in [4.69, 9.17) is 4.74 Å². The highest BCUT2D eigenvalue weighted by atomic mass is 16.5. The van der Waals surface area contributed by atoms with Crippen LogP contribution in [0.3, 0.4) is 0 Å². The van der Waals surface area contributed by atoms with E-state index in [2.05, 4.69) is 10.6 Å². The average molecular weight is 248 g/mol. The Labute approximate surface area is 108 Å². The monoisotopic (exact) mass is 248 g/mol. The molecule has 2 rings (SSSR count). The van der Waals surface area contributed by atoms with E-state index in [1.54, 1.807) is 7.11 Å². The molecule has 1 aliphatic rings. The first-order chi connectivity index (χ1) is 8.61. The van der Waals surface area contributed by atoms with Gasteiger partial charge in [0.05, 0.1) is 18.7 Å². The SMILES string of the molecule is COc1c(C)cc(C)cc1NC(=O)C1CCNC1. The summed E-state index contributed by atoms with van der Waals surface area (Å²) in [6.45, 7) is 5.68. The molecule has 2 N–H and O–H groups in total. The first-order valence-electron chi connectivity index (χ1n) is 6.28. The van der Waals surface area contributed by atoms with Crippen molar-refractivity contribution in [3.05, 3.63) is 23.3 Å². The van der Waals surface area contributed by atoms with Crippen LogP contribution in [0.4, 0.5) is 5.69 Å². The number of rotatable bonds is 3. The number of carbonyl (C=O) groups is 1. The van der Waals surface area contributed by atoms with Crippen LogP contribution in [-0.2, 0) is 4.79 Å². The zero-order chi connectivity index (χ0) is 13.1. The van der Waals surface area contributed by atoms with Gasteiger partial charge in [0.2, 0.25) is 5.91 Å². The molecule has 1 atom stereocenters. The summed E-state index contributed by atoms with van der Waals surface area (Å²) in [6.07, 6.45) is 0.902. The Balaban J connectivity index is 2.19. The van der Waals surface area contributed by atoms with Crippen LogP contribution in [0, 0.1) is 19.8 Å². The van der Waals surface area contributed by atoms with Gasteiger partial charge in [0.15, 0.2) is 0 Å². The predicted molar refractivity (Wildman–Crippen MR) is 72.1 cm³/mol. The lowest BCUT2D eigenvalue weighted by Gasteiger charge is -2.15. The normalized spacial score (nSPS) is 18.7. The Morgan fingerprint density at radius 1 is 1.44 bits per heavy atom. The molecule has 1 amide bonds. The lowest BCUT2D eigenvalue weighted by molar-refractivity contribution is -0.119. The summed E-state index contributed by atoms with van der Waals surface area (Å²) in [6, 6.07) is 4.00. The molecular weight excluding hydrogens is 228 g/mol. The maximum Gasteiger partial charge on any atom is 0.228 e. The van der Waals surface area contributed by atoms with Gasteiger partial charge in [-0.25, -0.2) is 0 Å². The molecule has 0 bridgehead atoms. The van der Waals surface area contributed by atoms with Crippen LogP contribution in [0.1, 0.15) is 17.5 Å². The minimum Gasteiger partial charge on any atom is -0.494 e. The Morgan fingerprint density at radius 2 is 2.22 bits per heavy atom. The minimum atomic E-state index is 0.0653. The van der Waals surface area contributed by atoms with Crippen LogP contribution in [0.2, 0.25) is 0 Å². The van der Waals surface area contributed by atoms with Gasteiger partial charge in [-0.1, -0.05) is 6.07 Å². The minimum absolute atomic E-state index is 0.0653. The third-order valence-electron chi connectivity index (χ3n) is 3.31. The first-order valence-corrected chi connectivity index (χ1v) is 6.28. The van der Waals surface area contributed by atoms with Gasteiger partial charge in [0.1, 0.15) is 5.75 Å². The Kier molecular flexibility index (Phi) is 3.87. The molecule has 1 aromatic rings. The van der Waals surface area contributed by atoms with Gasteiger partial charge in [-0.2, -0.15) is 0 Å². The molecule has 1 aliphatic heterocycles. The Morgan fingerprint density at radius 3 is 2.83 bits per heavy atom. The fraction of sp³-hybridized carbons (Fsp3) is 0.500. The summed E-state index contributed by atoms with van der Waals surface area (Å²) < 4.78 is 5.36. The van der Waals surface area contributed by atoms with Crippen molar-refractivity contribution in [2.45, 2.75) is 20.3 Å². The number of amides is 1. The molecule has 0 radical (unpaired) electrons. The third-order valence-corrected chi connectivity index (χ3v) is 3.31.